The largest absolute Gasteiger partial charge is 0.342 e. The molecule has 2 heterocycles. The molecule has 3 heteroatoms. The number of likely N-dealkylation sites (tertiary alicyclic amines) is 1. The molecule has 0 unspecified atom stereocenters. The van der Waals surface area contributed by atoms with Crippen LogP contribution >= 0.6 is 0 Å². The average molecular weight is 208 g/mol. The number of nitrogens with one attached hydrogen (secondary N) is 1. The minimum atomic E-state index is 0.387. The maximum atomic E-state index is 12.2. The first-order valence-corrected chi connectivity index (χ1v) is 6.31. The number of carbonyl (C=O) groups is 1. The van der Waals surface area contributed by atoms with Gasteiger partial charge in [-0.2, -0.15) is 0 Å². The van der Waals surface area contributed by atoms with Gasteiger partial charge < -0.3 is 10.2 Å². The normalized spacial score (nSPS) is 33.3. The lowest BCUT2D eigenvalue weighted by Crippen LogP contribution is -2.35. The fourth-order valence-electron chi connectivity index (χ4n) is 3.33. The third-order valence-corrected chi connectivity index (χ3v) is 4.50. The molecule has 2 aliphatic heterocycles. The Balaban J connectivity index is 1.62. The number of piperidine rings is 1. The zero-order chi connectivity index (χ0) is 10.3. The van der Waals surface area contributed by atoms with Gasteiger partial charge in [-0.05, 0) is 50.6 Å². The number of hydrogen-bond donors (Lipinski definition) is 1. The molecule has 0 aromatic carbocycles. The van der Waals surface area contributed by atoms with Gasteiger partial charge in [-0.25, -0.2) is 0 Å². The van der Waals surface area contributed by atoms with E-state index >= 15 is 0 Å². The van der Waals surface area contributed by atoms with Gasteiger partial charge in [0.25, 0.3) is 0 Å². The SMILES string of the molecule is O=C([C@@H]1CC12CCNCC2)N1CCCC1. The van der Waals surface area contributed by atoms with Gasteiger partial charge in [-0.15, -0.1) is 0 Å². The molecule has 3 nitrogen and oxygen atoms in total. The molecule has 3 aliphatic rings. The summed E-state index contributed by atoms with van der Waals surface area (Å²) >= 11 is 0. The van der Waals surface area contributed by atoms with Gasteiger partial charge in [0.1, 0.15) is 0 Å². The van der Waals surface area contributed by atoms with Crippen molar-refractivity contribution < 1.29 is 4.79 Å². The van der Waals surface area contributed by atoms with Gasteiger partial charge in [0.2, 0.25) is 5.91 Å². The van der Waals surface area contributed by atoms with Crippen LogP contribution in [0.3, 0.4) is 0 Å². The molecule has 0 aromatic rings. The fraction of sp³-hybridized carbons (Fsp3) is 0.917. The molecule has 1 aliphatic carbocycles. The minimum absolute atomic E-state index is 0.387. The number of carbonyl (C=O) groups excluding carboxylic acids is 1. The third kappa shape index (κ3) is 1.57. The maximum Gasteiger partial charge on any atom is 0.226 e. The highest BCUT2D eigenvalue weighted by atomic mass is 16.2. The lowest BCUT2D eigenvalue weighted by molar-refractivity contribution is -0.132. The van der Waals surface area contributed by atoms with Crippen molar-refractivity contribution in [3.05, 3.63) is 0 Å². The van der Waals surface area contributed by atoms with E-state index in [2.05, 4.69) is 10.2 Å². The molecular weight excluding hydrogens is 188 g/mol. The highest BCUT2D eigenvalue weighted by Gasteiger charge is 2.58. The van der Waals surface area contributed by atoms with Crippen LogP contribution in [-0.2, 0) is 4.79 Å². The Kier molecular flexibility index (Phi) is 2.23. The van der Waals surface area contributed by atoms with Crippen molar-refractivity contribution in [3.63, 3.8) is 0 Å². The summed E-state index contributed by atoms with van der Waals surface area (Å²) in [7, 11) is 0. The minimum Gasteiger partial charge on any atom is -0.342 e. The van der Waals surface area contributed by atoms with Gasteiger partial charge in [-0.1, -0.05) is 0 Å². The molecule has 3 fully saturated rings. The van der Waals surface area contributed by atoms with Crippen LogP contribution in [0, 0.1) is 11.3 Å². The van der Waals surface area contributed by atoms with Crippen molar-refractivity contribution in [2.24, 2.45) is 11.3 Å². The Morgan fingerprint density at radius 2 is 1.87 bits per heavy atom. The summed E-state index contributed by atoms with van der Waals surface area (Å²) in [5.41, 5.74) is 0.422. The topological polar surface area (TPSA) is 32.3 Å². The molecule has 84 valence electrons. The Bertz CT molecular complexity index is 265. The molecule has 1 saturated carbocycles. The van der Waals surface area contributed by atoms with E-state index in [4.69, 9.17) is 0 Å². The van der Waals surface area contributed by atoms with E-state index in [0.717, 1.165) is 26.2 Å². The predicted octanol–water partition coefficient (Wildman–Crippen LogP) is 0.998. The van der Waals surface area contributed by atoms with Gasteiger partial charge in [0, 0.05) is 19.0 Å². The number of amides is 1. The van der Waals surface area contributed by atoms with E-state index in [-0.39, 0.29) is 0 Å². The lowest BCUT2D eigenvalue weighted by atomic mass is 9.91. The van der Waals surface area contributed by atoms with E-state index in [0.29, 0.717) is 17.2 Å². The molecule has 1 atom stereocenters. The molecule has 0 bridgehead atoms. The Labute approximate surface area is 91.2 Å². The van der Waals surface area contributed by atoms with Crippen LogP contribution in [0.25, 0.3) is 0 Å². The van der Waals surface area contributed by atoms with Crippen LogP contribution in [0.4, 0.5) is 0 Å². The highest BCUT2D eigenvalue weighted by molar-refractivity contribution is 5.83. The summed E-state index contributed by atoms with van der Waals surface area (Å²) in [4.78, 5) is 14.3. The van der Waals surface area contributed by atoms with Crippen LogP contribution in [0.5, 0.6) is 0 Å². The van der Waals surface area contributed by atoms with E-state index < -0.39 is 0 Å². The Hall–Kier alpha value is -0.570. The van der Waals surface area contributed by atoms with Crippen molar-refractivity contribution in [2.45, 2.75) is 32.1 Å². The summed E-state index contributed by atoms with van der Waals surface area (Å²) in [5.74, 6) is 0.854. The first kappa shape index (κ1) is 9.64. The zero-order valence-electron chi connectivity index (χ0n) is 9.30. The molecule has 0 aromatic heterocycles. The Morgan fingerprint density at radius 1 is 1.20 bits per heavy atom. The van der Waals surface area contributed by atoms with Crippen LogP contribution in [-0.4, -0.2) is 37.0 Å². The third-order valence-electron chi connectivity index (χ3n) is 4.50. The van der Waals surface area contributed by atoms with Crippen molar-refractivity contribution in [1.82, 2.24) is 10.2 Å². The molecule has 2 saturated heterocycles. The zero-order valence-corrected chi connectivity index (χ0v) is 9.30. The first-order valence-electron chi connectivity index (χ1n) is 6.31. The van der Waals surface area contributed by atoms with E-state index in [1.54, 1.807) is 0 Å². The van der Waals surface area contributed by atoms with Gasteiger partial charge >= 0.3 is 0 Å². The molecular formula is C12H20N2O. The molecule has 1 amide bonds. The van der Waals surface area contributed by atoms with Crippen LogP contribution in [0.15, 0.2) is 0 Å². The second-order valence-corrected chi connectivity index (χ2v) is 5.40. The smallest absolute Gasteiger partial charge is 0.226 e. The van der Waals surface area contributed by atoms with Gasteiger partial charge in [0.15, 0.2) is 0 Å². The summed E-state index contributed by atoms with van der Waals surface area (Å²) in [6.45, 7) is 4.26. The van der Waals surface area contributed by atoms with Gasteiger partial charge in [0.05, 0.1) is 0 Å². The summed E-state index contributed by atoms with van der Waals surface area (Å²) in [6, 6.07) is 0. The second kappa shape index (κ2) is 3.48. The van der Waals surface area contributed by atoms with E-state index in [1.165, 1.54) is 32.1 Å². The Morgan fingerprint density at radius 3 is 2.53 bits per heavy atom. The van der Waals surface area contributed by atoms with E-state index in [1.807, 2.05) is 0 Å². The van der Waals surface area contributed by atoms with Gasteiger partial charge in [-0.3, -0.25) is 4.79 Å². The van der Waals surface area contributed by atoms with Crippen LogP contribution < -0.4 is 5.32 Å². The number of hydrogen-bond acceptors (Lipinski definition) is 2. The summed E-state index contributed by atoms with van der Waals surface area (Å²) in [6.07, 6.45) is 6.04. The first-order chi connectivity index (χ1) is 7.32. The predicted molar refractivity (Wildman–Crippen MR) is 58.5 cm³/mol. The van der Waals surface area contributed by atoms with Crippen LogP contribution in [0.2, 0.25) is 0 Å². The van der Waals surface area contributed by atoms with Crippen molar-refractivity contribution in [1.29, 1.82) is 0 Å². The quantitative estimate of drug-likeness (QED) is 0.697. The van der Waals surface area contributed by atoms with Crippen molar-refractivity contribution in [3.8, 4) is 0 Å². The molecule has 1 spiro atoms. The van der Waals surface area contributed by atoms with Crippen molar-refractivity contribution >= 4 is 5.91 Å². The number of rotatable bonds is 1. The average Bonchev–Trinajstić information content (AvgIpc) is 2.76. The van der Waals surface area contributed by atoms with Crippen molar-refractivity contribution in [2.75, 3.05) is 26.2 Å². The number of nitrogens with zero attached hydrogens (tertiary/aromatic N) is 1. The maximum absolute atomic E-state index is 12.2. The molecule has 3 rings (SSSR count). The lowest BCUT2D eigenvalue weighted by Gasteiger charge is -2.24. The fourth-order valence-corrected chi connectivity index (χ4v) is 3.33. The standard InChI is InChI=1S/C12H20N2O/c15-11(14-7-1-2-8-14)10-9-12(10)3-5-13-6-4-12/h10,13H,1-9H2/t10-/m0/s1. The summed E-state index contributed by atoms with van der Waals surface area (Å²) < 4.78 is 0. The molecule has 15 heavy (non-hydrogen) atoms. The van der Waals surface area contributed by atoms with Crippen LogP contribution in [0.1, 0.15) is 32.1 Å². The molecule has 0 radical (unpaired) electrons. The molecule has 1 N–H and O–H groups in total. The highest BCUT2D eigenvalue weighted by Crippen LogP contribution is 2.59. The monoisotopic (exact) mass is 208 g/mol. The van der Waals surface area contributed by atoms with E-state index in [9.17, 15) is 4.79 Å². The second-order valence-electron chi connectivity index (χ2n) is 5.40. The summed E-state index contributed by atoms with van der Waals surface area (Å²) in [5, 5.41) is 3.38.